The van der Waals surface area contributed by atoms with E-state index in [1.807, 2.05) is 0 Å². The van der Waals surface area contributed by atoms with Gasteiger partial charge in [0, 0.05) is 12.8 Å². The average Bonchev–Trinajstić information content (AvgIpc) is 1.97. The predicted molar refractivity (Wildman–Crippen MR) is 44.4 cm³/mol. The summed E-state index contributed by atoms with van der Waals surface area (Å²) in [4.78, 5) is 0. The van der Waals surface area contributed by atoms with E-state index in [-0.39, 0.29) is 0 Å². The lowest BCUT2D eigenvalue weighted by molar-refractivity contribution is -0.454. The van der Waals surface area contributed by atoms with Crippen LogP contribution in [0.3, 0.4) is 0 Å². The second-order valence-electron chi connectivity index (χ2n) is 2.47. The lowest BCUT2D eigenvalue weighted by Gasteiger charge is -2.01. The molecule has 0 aromatic rings. The van der Waals surface area contributed by atoms with Crippen LogP contribution in [0.15, 0.2) is 0 Å². The maximum absolute atomic E-state index is 10.8. The van der Waals surface area contributed by atoms with E-state index in [0.29, 0.717) is 6.54 Å². The monoisotopic (exact) mass is 143 g/mol. The van der Waals surface area contributed by atoms with Crippen LogP contribution in [0.25, 0.3) is 0 Å². The van der Waals surface area contributed by atoms with E-state index < -0.39 is 0 Å². The molecule has 0 radical (unpaired) electrons. The molecule has 0 aliphatic carbocycles. The van der Waals surface area contributed by atoms with Crippen molar-refractivity contribution in [1.82, 2.24) is 0 Å². The third-order valence-electron chi connectivity index (χ3n) is 1.35. The summed E-state index contributed by atoms with van der Waals surface area (Å²) in [5, 5.41) is 10.8. The van der Waals surface area contributed by atoms with Crippen molar-refractivity contribution in [2.75, 3.05) is 6.54 Å². The van der Waals surface area contributed by atoms with Crippen molar-refractivity contribution in [3.05, 3.63) is 5.21 Å². The minimum absolute atomic E-state index is 0.663. The summed E-state index contributed by atoms with van der Waals surface area (Å²) in [6, 6.07) is 0. The Labute approximate surface area is 63.1 Å². The minimum Gasteiger partial charge on any atom is -0.624 e. The van der Waals surface area contributed by atoms with Gasteiger partial charge < -0.3 is 5.21 Å². The van der Waals surface area contributed by atoms with E-state index >= 15 is 0 Å². The molecule has 0 aliphatic rings. The number of hydrogen-bond acceptors (Lipinski definition) is 1. The highest BCUT2D eigenvalue weighted by molar-refractivity contribution is 5.50. The molecule has 0 aromatic heterocycles. The fraction of sp³-hybridized carbons (Fsp3) is 0.875. The van der Waals surface area contributed by atoms with Crippen molar-refractivity contribution in [3.8, 4) is 0 Å². The fourth-order valence-electron chi connectivity index (χ4n) is 0.678. The fourth-order valence-corrected chi connectivity index (χ4v) is 0.678. The Balaban J connectivity index is 3.30. The van der Waals surface area contributed by atoms with Gasteiger partial charge in [-0.25, -0.2) is 4.74 Å². The molecule has 0 spiro atoms. The highest BCUT2D eigenvalue weighted by Crippen LogP contribution is 1.87. The lowest BCUT2D eigenvalue weighted by atomic mass is 10.3. The first-order valence-corrected chi connectivity index (χ1v) is 4.08. The Hall–Kier alpha value is -0.530. The van der Waals surface area contributed by atoms with E-state index in [1.54, 1.807) is 6.21 Å². The van der Waals surface area contributed by atoms with E-state index in [2.05, 4.69) is 13.8 Å². The molecule has 2 nitrogen and oxygen atoms in total. The SMILES string of the molecule is CCCC=[N+]([O-])CCCC. The van der Waals surface area contributed by atoms with Crippen LogP contribution >= 0.6 is 0 Å². The van der Waals surface area contributed by atoms with Gasteiger partial charge in [-0.3, -0.25) is 0 Å². The first-order valence-electron chi connectivity index (χ1n) is 4.08. The third-order valence-corrected chi connectivity index (χ3v) is 1.35. The Kier molecular flexibility index (Phi) is 6.24. The zero-order chi connectivity index (χ0) is 7.82. The van der Waals surface area contributed by atoms with Gasteiger partial charge in [-0.05, 0) is 6.42 Å². The molecule has 0 aliphatic heterocycles. The smallest absolute Gasteiger partial charge is 0.153 e. The first kappa shape index (κ1) is 9.47. The van der Waals surface area contributed by atoms with Crippen LogP contribution in [-0.4, -0.2) is 17.5 Å². The van der Waals surface area contributed by atoms with Gasteiger partial charge in [-0.15, -0.1) is 0 Å². The van der Waals surface area contributed by atoms with Gasteiger partial charge in [0.2, 0.25) is 0 Å². The molecule has 2 heteroatoms. The Bertz CT molecular complexity index is 99.4. The Morgan fingerprint density at radius 2 is 2.00 bits per heavy atom. The van der Waals surface area contributed by atoms with E-state index in [1.165, 1.54) is 0 Å². The number of hydrogen-bond donors (Lipinski definition) is 0. The molecular formula is C8H17NO. The standard InChI is InChI=1S/C8H17NO/c1-3-5-7-9(10)8-6-4-2/h7H,3-6,8H2,1-2H3. The summed E-state index contributed by atoms with van der Waals surface area (Å²) in [7, 11) is 0. The summed E-state index contributed by atoms with van der Waals surface area (Å²) < 4.78 is 1.05. The largest absolute Gasteiger partial charge is 0.624 e. The molecule has 10 heavy (non-hydrogen) atoms. The number of rotatable bonds is 5. The third kappa shape index (κ3) is 5.60. The molecule has 0 fully saturated rings. The van der Waals surface area contributed by atoms with E-state index in [4.69, 9.17) is 0 Å². The van der Waals surface area contributed by atoms with E-state index in [9.17, 15) is 5.21 Å². The van der Waals surface area contributed by atoms with Crippen molar-refractivity contribution < 1.29 is 4.74 Å². The molecule has 0 unspecified atom stereocenters. The Morgan fingerprint density at radius 3 is 2.50 bits per heavy atom. The predicted octanol–water partition coefficient (Wildman–Crippen LogP) is 2.17. The molecule has 0 rings (SSSR count). The Morgan fingerprint density at radius 1 is 1.30 bits per heavy atom. The molecule has 0 heterocycles. The second-order valence-corrected chi connectivity index (χ2v) is 2.47. The molecule has 0 saturated heterocycles. The summed E-state index contributed by atoms with van der Waals surface area (Å²) in [5.41, 5.74) is 0. The van der Waals surface area contributed by atoms with Crippen LogP contribution in [0.5, 0.6) is 0 Å². The highest BCUT2D eigenvalue weighted by atomic mass is 16.5. The maximum Gasteiger partial charge on any atom is 0.153 e. The summed E-state index contributed by atoms with van der Waals surface area (Å²) >= 11 is 0. The van der Waals surface area contributed by atoms with Gasteiger partial charge >= 0.3 is 0 Å². The summed E-state index contributed by atoms with van der Waals surface area (Å²) in [6.07, 6.45) is 5.80. The van der Waals surface area contributed by atoms with Crippen LogP contribution in [0, 0.1) is 5.21 Å². The van der Waals surface area contributed by atoms with Gasteiger partial charge in [-0.2, -0.15) is 0 Å². The first-order chi connectivity index (χ1) is 4.81. The average molecular weight is 143 g/mol. The van der Waals surface area contributed by atoms with Gasteiger partial charge in [-0.1, -0.05) is 20.3 Å². The zero-order valence-corrected chi connectivity index (χ0v) is 6.97. The quantitative estimate of drug-likeness (QED) is 0.251. The highest BCUT2D eigenvalue weighted by Gasteiger charge is 1.89. The van der Waals surface area contributed by atoms with E-state index in [0.717, 1.165) is 30.4 Å². The van der Waals surface area contributed by atoms with Gasteiger partial charge in [0.25, 0.3) is 0 Å². The van der Waals surface area contributed by atoms with Gasteiger partial charge in [0.05, 0.1) is 0 Å². The molecule has 0 aromatic carbocycles. The molecular weight excluding hydrogens is 126 g/mol. The number of unbranched alkanes of at least 4 members (excludes halogenated alkanes) is 2. The summed E-state index contributed by atoms with van der Waals surface area (Å²) in [5.74, 6) is 0. The topological polar surface area (TPSA) is 26.1 Å². The molecule has 0 N–H and O–H groups in total. The normalized spacial score (nSPS) is 12.0. The van der Waals surface area contributed by atoms with Crippen LogP contribution in [0.4, 0.5) is 0 Å². The summed E-state index contributed by atoms with van der Waals surface area (Å²) in [6.45, 7) is 4.83. The van der Waals surface area contributed by atoms with Gasteiger partial charge in [0.15, 0.2) is 12.8 Å². The number of hydroxylamine groups is 1. The molecule has 0 saturated carbocycles. The second kappa shape index (κ2) is 6.59. The molecule has 0 bridgehead atoms. The minimum atomic E-state index is 0.663. The van der Waals surface area contributed by atoms with Crippen molar-refractivity contribution in [2.45, 2.75) is 39.5 Å². The van der Waals surface area contributed by atoms with Crippen molar-refractivity contribution >= 4 is 6.21 Å². The maximum atomic E-state index is 10.8. The van der Waals surface area contributed by atoms with Crippen LogP contribution in [0.1, 0.15) is 39.5 Å². The van der Waals surface area contributed by atoms with Crippen LogP contribution in [0.2, 0.25) is 0 Å². The number of nitrogens with zero attached hydrogens (tertiary/aromatic N) is 1. The molecule has 60 valence electrons. The molecule has 0 atom stereocenters. The van der Waals surface area contributed by atoms with Crippen molar-refractivity contribution in [2.24, 2.45) is 0 Å². The molecule has 0 amide bonds. The lowest BCUT2D eigenvalue weighted by Crippen LogP contribution is -2.05. The zero-order valence-electron chi connectivity index (χ0n) is 6.97. The van der Waals surface area contributed by atoms with Crippen molar-refractivity contribution in [1.29, 1.82) is 0 Å². The van der Waals surface area contributed by atoms with Gasteiger partial charge in [0.1, 0.15) is 0 Å². The van der Waals surface area contributed by atoms with Crippen LogP contribution < -0.4 is 0 Å². The van der Waals surface area contributed by atoms with Crippen LogP contribution in [-0.2, 0) is 0 Å². The van der Waals surface area contributed by atoms with Crippen molar-refractivity contribution in [3.63, 3.8) is 0 Å².